The Morgan fingerprint density at radius 1 is 0.878 bits per heavy atom. The molecule has 0 radical (unpaired) electrons. The van der Waals surface area contributed by atoms with E-state index < -0.39 is 13.1 Å². The molecule has 0 aliphatic carbocycles. The lowest BCUT2D eigenvalue weighted by molar-refractivity contribution is 0.00578. The number of carboxylic acid groups (broad SMARTS) is 1. The van der Waals surface area contributed by atoms with Crippen molar-refractivity contribution in [1.82, 2.24) is 9.97 Å². The van der Waals surface area contributed by atoms with Gasteiger partial charge in [0.1, 0.15) is 5.69 Å². The van der Waals surface area contributed by atoms with Crippen LogP contribution in [0.3, 0.4) is 0 Å². The summed E-state index contributed by atoms with van der Waals surface area (Å²) in [7, 11) is -1.80. The number of hydrogen-bond acceptors (Lipinski definition) is 11. The van der Waals surface area contributed by atoms with Gasteiger partial charge in [0.25, 0.3) is 5.91 Å². The summed E-state index contributed by atoms with van der Waals surface area (Å²) >= 11 is 2.62. The molecule has 6 N–H and O–H groups in total. The van der Waals surface area contributed by atoms with Crippen LogP contribution in [-0.4, -0.2) is 62.4 Å². The number of nitrogen functional groups attached to an aromatic ring is 1. The maximum Gasteiger partial charge on any atom is 0.494 e. The lowest BCUT2D eigenvalue weighted by atomic mass is 9.79. The zero-order chi connectivity index (χ0) is 30.2. The number of aromatic carboxylic acids is 1. The molecule has 1 aliphatic rings. The average molecular weight is 596 g/mol. The van der Waals surface area contributed by atoms with E-state index in [1.807, 2.05) is 52.0 Å². The topological polar surface area (TPSA) is 177 Å². The van der Waals surface area contributed by atoms with Crippen molar-refractivity contribution in [3.8, 4) is 0 Å². The van der Waals surface area contributed by atoms with Gasteiger partial charge in [0.2, 0.25) is 0 Å². The van der Waals surface area contributed by atoms with E-state index in [-0.39, 0.29) is 29.9 Å². The second-order valence-corrected chi connectivity index (χ2v) is 11.2. The van der Waals surface area contributed by atoms with E-state index in [0.29, 0.717) is 16.8 Å². The number of thiazole rings is 2. The highest BCUT2D eigenvalue weighted by Crippen LogP contribution is 2.36. The molecule has 214 valence electrons. The van der Waals surface area contributed by atoms with Crippen molar-refractivity contribution < 1.29 is 34.1 Å². The van der Waals surface area contributed by atoms with Crippen LogP contribution >= 0.6 is 22.7 Å². The number of hydrogen-bond donors (Lipinski definition) is 5. The van der Waals surface area contributed by atoms with Crippen molar-refractivity contribution in [2.45, 2.75) is 38.9 Å². The van der Waals surface area contributed by atoms with E-state index in [9.17, 15) is 9.59 Å². The molecule has 0 spiro atoms. The number of carboxylic acids is 1. The minimum Gasteiger partial charge on any atom is -0.476 e. The minimum atomic E-state index is -1.50. The quantitative estimate of drug-likeness (QED) is 0.170. The summed E-state index contributed by atoms with van der Waals surface area (Å²) in [4.78, 5) is 29.1. The number of carbonyl (C=O) groups excluding carboxylic acids is 1. The normalized spacial score (nSPS) is 14.6. The van der Waals surface area contributed by atoms with E-state index in [0.717, 1.165) is 11.2 Å². The molecule has 41 heavy (non-hydrogen) atoms. The predicted octanol–water partition coefficient (Wildman–Crippen LogP) is 2.48. The Morgan fingerprint density at radius 2 is 1.39 bits per heavy atom. The zero-order valence-electron chi connectivity index (χ0n) is 22.8. The van der Waals surface area contributed by atoms with Gasteiger partial charge in [0.15, 0.2) is 5.69 Å². The van der Waals surface area contributed by atoms with Crippen molar-refractivity contribution in [3.63, 3.8) is 0 Å². The van der Waals surface area contributed by atoms with Crippen LogP contribution in [0.4, 0.5) is 11.4 Å². The first-order valence-corrected chi connectivity index (χ1v) is 14.2. The molecule has 0 bridgehead atoms. The Labute approximate surface area is 246 Å². The van der Waals surface area contributed by atoms with Crippen molar-refractivity contribution in [3.05, 3.63) is 81.7 Å². The molecule has 1 saturated heterocycles. The molecule has 2 aromatic carbocycles. The van der Waals surface area contributed by atoms with Crippen LogP contribution in [0.5, 0.6) is 0 Å². The number of nitrogens with zero attached hydrogens (tertiary/aromatic N) is 2. The highest BCUT2D eigenvalue weighted by atomic mass is 32.1. The fraction of sp³-hybridized carbons (Fsp3) is 0.231. The molecule has 1 aliphatic heterocycles. The van der Waals surface area contributed by atoms with Gasteiger partial charge in [0.05, 0.1) is 22.2 Å². The van der Waals surface area contributed by atoms with E-state index in [1.165, 1.54) is 45.7 Å². The highest BCUT2D eigenvalue weighted by Gasteiger charge is 2.51. The predicted molar refractivity (Wildman–Crippen MR) is 162 cm³/mol. The second-order valence-electron chi connectivity index (χ2n) is 9.76. The number of nitrogens with one attached hydrogen (secondary N) is 1. The molecular formula is C26H30B2N4O7S2. The van der Waals surface area contributed by atoms with Gasteiger partial charge in [-0.2, -0.15) is 0 Å². The van der Waals surface area contributed by atoms with Crippen LogP contribution in [0.1, 0.15) is 48.7 Å². The average Bonchev–Trinajstić information content (AvgIpc) is 3.68. The molecule has 0 unspecified atom stereocenters. The van der Waals surface area contributed by atoms with Crippen LogP contribution in [-0.2, 0) is 9.31 Å². The van der Waals surface area contributed by atoms with Crippen molar-refractivity contribution in [1.29, 1.82) is 0 Å². The third kappa shape index (κ3) is 8.95. The van der Waals surface area contributed by atoms with Gasteiger partial charge in [-0.25, -0.2) is 14.8 Å². The van der Waals surface area contributed by atoms with Crippen LogP contribution in [0, 0.1) is 0 Å². The first-order valence-electron chi connectivity index (χ1n) is 12.3. The number of nitrogens with two attached hydrogens (primary N) is 1. The highest BCUT2D eigenvalue weighted by molar-refractivity contribution is 7.08. The minimum absolute atomic E-state index is 0.120. The first kappa shape index (κ1) is 31.9. The molecule has 15 heteroatoms. The lowest BCUT2D eigenvalue weighted by Crippen LogP contribution is -2.41. The maximum absolute atomic E-state index is 11.6. The van der Waals surface area contributed by atoms with Gasteiger partial charge >= 0.3 is 20.2 Å². The van der Waals surface area contributed by atoms with Gasteiger partial charge in [0, 0.05) is 22.1 Å². The largest absolute Gasteiger partial charge is 0.494 e. The van der Waals surface area contributed by atoms with E-state index >= 15 is 0 Å². The number of benzene rings is 2. The number of carbonyl (C=O) groups is 2. The summed E-state index contributed by atoms with van der Waals surface area (Å²) in [6, 6.07) is 13.9. The molecule has 4 aromatic rings. The van der Waals surface area contributed by atoms with Crippen LogP contribution in [0.2, 0.25) is 0 Å². The molecule has 2 aromatic heterocycles. The van der Waals surface area contributed by atoms with Crippen LogP contribution < -0.4 is 22.0 Å². The molecule has 11 nitrogen and oxygen atoms in total. The molecule has 0 atom stereocenters. The van der Waals surface area contributed by atoms with Gasteiger partial charge < -0.3 is 35.5 Å². The van der Waals surface area contributed by atoms with Crippen molar-refractivity contribution in [2.24, 2.45) is 0 Å². The monoisotopic (exact) mass is 596 g/mol. The number of anilines is 2. The van der Waals surface area contributed by atoms with E-state index in [4.69, 9.17) is 30.2 Å². The fourth-order valence-corrected chi connectivity index (χ4v) is 4.27. The van der Waals surface area contributed by atoms with Gasteiger partial charge in [-0.3, -0.25) is 4.79 Å². The Hall–Kier alpha value is -3.59. The summed E-state index contributed by atoms with van der Waals surface area (Å²) in [6.45, 7) is 8.18. The van der Waals surface area contributed by atoms with Gasteiger partial charge in [-0.15, -0.1) is 22.7 Å². The Bertz CT molecular complexity index is 1380. The smallest absolute Gasteiger partial charge is 0.476 e. The van der Waals surface area contributed by atoms with E-state index in [2.05, 4.69) is 15.3 Å². The molecule has 1 amide bonds. The van der Waals surface area contributed by atoms with Crippen molar-refractivity contribution in [2.75, 3.05) is 11.1 Å². The summed E-state index contributed by atoms with van der Waals surface area (Å²) in [6.07, 6.45) is 0. The third-order valence-corrected chi connectivity index (χ3v) is 7.42. The molecule has 5 rings (SSSR count). The van der Waals surface area contributed by atoms with Crippen LogP contribution in [0.15, 0.2) is 70.3 Å². The van der Waals surface area contributed by atoms with Gasteiger partial charge in [-0.1, -0.05) is 24.3 Å². The van der Waals surface area contributed by atoms with E-state index in [1.54, 1.807) is 23.0 Å². The number of rotatable bonds is 5. The maximum atomic E-state index is 11.6. The summed E-state index contributed by atoms with van der Waals surface area (Å²) in [5.41, 5.74) is 11.3. The van der Waals surface area contributed by atoms with Crippen molar-refractivity contribution >= 4 is 71.1 Å². The molecule has 3 heterocycles. The molecular weight excluding hydrogens is 566 g/mol. The SMILES string of the molecule is CC1(C)OB(c2ccc(N)cc2)OC1(C)C.O=C(Nc1ccc(B(O)O)cc1)c1cscn1.O=C(O)c1cscn1. The summed E-state index contributed by atoms with van der Waals surface area (Å²) in [5, 5.41) is 31.8. The Kier molecular flexibility index (Phi) is 10.8. The molecule has 0 saturated carbocycles. The number of aromatic nitrogens is 2. The fourth-order valence-electron chi connectivity index (χ4n) is 3.21. The summed E-state index contributed by atoms with van der Waals surface area (Å²) < 4.78 is 11.9. The second kappa shape index (κ2) is 13.9. The van der Waals surface area contributed by atoms with Gasteiger partial charge in [-0.05, 0) is 62.9 Å². The lowest BCUT2D eigenvalue weighted by Gasteiger charge is -2.32. The third-order valence-electron chi connectivity index (χ3n) is 6.24. The Morgan fingerprint density at radius 3 is 1.80 bits per heavy atom. The van der Waals surface area contributed by atoms with Crippen LogP contribution in [0.25, 0.3) is 0 Å². The summed E-state index contributed by atoms with van der Waals surface area (Å²) in [5.74, 6) is -1.25. The molecule has 1 fully saturated rings. The standard InChI is InChI=1S/C12H18BNO2.C10H9BN2O3S.C4H3NO2S/c1-11(2)12(3,4)16-13(15-11)9-5-7-10(14)8-6-9;14-10(9-5-17-6-12-9)13-8-3-1-7(2-4-8)11(15)16;6-4(7)3-1-8-2-5-3/h5-8H,14H2,1-4H3;1-6,15-16H,(H,13,14);1-2H,(H,6,7). The first-order chi connectivity index (χ1) is 19.3. The zero-order valence-corrected chi connectivity index (χ0v) is 24.5. The Balaban J connectivity index is 0.000000180. The number of amides is 1.